The summed E-state index contributed by atoms with van der Waals surface area (Å²) in [7, 11) is 1.71. The predicted molar refractivity (Wildman–Crippen MR) is 107 cm³/mol. The number of benzene rings is 1. The Morgan fingerprint density at radius 1 is 1.15 bits per heavy atom. The fourth-order valence-electron chi connectivity index (χ4n) is 4.14. The second kappa shape index (κ2) is 7.32. The third-order valence-electron chi connectivity index (χ3n) is 5.61. The van der Waals surface area contributed by atoms with Gasteiger partial charge in [0, 0.05) is 18.5 Å². The van der Waals surface area contributed by atoms with Crippen LogP contribution in [0.15, 0.2) is 36.5 Å². The lowest BCUT2D eigenvalue weighted by molar-refractivity contribution is 0.414. The summed E-state index contributed by atoms with van der Waals surface area (Å²) >= 11 is 6.29. The Hall–Kier alpha value is -2.00. The summed E-state index contributed by atoms with van der Waals surface area (Å²) < 4.78 is 7.55. The van der Waals surface area contributed by atoms with Crippen LogP contribution in [0.2, 0.25) is 5.02 Å². The number of aryl methyl sites for hydroxylation is 1. The normalized spacial score (nSPS) is 15.5. The highest BCUT2D eigenvalue weighted by molar-refractivity contribution is 6.30. The van der Waals surface area contributed by atoms with Crippen molar-refractivity contribution in [3.63, 3.8) is 0 Å². The number of methoxy groups -OCH3 is 1. The summed E-state index contributed by atoms with van der Waals surface area (Å²) in [4.78, 5) is 5.02. The number of nitrogens with zero attached hydrogens (tertiary/aromatic N) is 2. The Balaban J connectivity index is 1.79. The predicted octanol–water partition coefficient (Wildman–Crippen LogP) is 5.94. The molecule has 0 saturated heterocycles. The second-order valence-corrected chi connectivity index (χ2v) is 7.76. The Morgan fingerprint density at radius 2 is 1.96 bits per heavy atom. The van der Waals surface area contributed by atoms with Crippen LogP contribution in [-0.2, 0) is 6.42 Å². The van der Waals surface area contributed by atoms with Crippen LogP contribution in [0.1, 0.15) is 60.5 Å². The summed E-state index contributed by atoms with van der Waals surface area (Å²) in [6, 6.07) is 10.3. The molecule has 0 radical (unpaired) electrons. The van der Waals surface area contributed by atoms with Crippen LogP contribution in [0.4, 0.5) is 0 Å². The van der Waals surface area contributed by atoms with Crippen LogP contribution >= 0.6 is 11.6 Å². The minimum absolute atomic E-state index is 0.566. The third kappa shape index (κ3) is 3.33. The molecule has 1 aliphatic carbocycles. The molecule has 2 heterocycles. The van der Waals surface area contributed by atoms with Gasteiger partial charge in [0.15, 0.2) is 0 Å². The lowest BCUT2D eigenvalue weighted by atomic mass is 9.85. The molecular formula is C22H25ClN2O. The van der Waals surface area contributed by atoms with E-state index in [1.54, 1.807) is 7.11 Å². The van der Waals surface area contributed by atoms with Crippen LogP contribution in [0.5, 0.6) is 5.75 Å². The first kappa shape index (κ1) is 17.4. The number of pyridine rings is 1. The van der Waals surface area contributed by atoms with E-state index in [4.69, 9.17) is 21.3 Å². The molecule has 0 spiro atoms. The Labute approximate surface area is 160 Å². The number of aromatic nitrogens is 2. The van der Waals surface area contributed by atoms with Gasteiger partial charge < -0.3 is 9.14 Å². The van der Waals surface area contributed by atoms with Crippen LogP contribution < -0.4 is 4.74 Å². The van der Waals surface area contributed by atoms with E-state index in [1.807, 2.05) is 24.4 Å². The highest BCUT2D eigenvalue weighted by Gasteiger charge is 2.23. The molecule has 136 valence electrons. The number of rotatable bonds is 4. The molecule has 1 aliphatic rings. The van der Waals surface area contributed by atoms with E-state index in [1.165, 1.54) is 54.6 Å². The van der Waals surface area contributed by atoms with Crippen LogP contribution in [0.3, 0.4) is 0 Å². The van der Waals surface area contributed by atoms with E-state index in [-0.39, 0.29) is 0 Å². The largest absolute Gasteiger partial charge is 0.497 e. The molecular weight excluding hydrogens is 344 g/mol. The van der Waals surface area contributed by atoms with Crippen LogP contribution in [0.25, 0.3) is 5.65 Å². The average Bonchev–Trinajstić information content (AvgIpc) is 3.02. The molecule has 0 N–H and O–H groups in total. The van der Waals surface area contributed by atoms with Crippen molar-refractivity contribution in [3.05, 3.63) is 64.1 Å². The first-order chi connectivity index (χ1) is 12.7. The fourth-order valence-corrected chi connectivity index (χ4v) is 4.30. The molecule has 1 fully saturated rings. The number of imidazole rings is 1. The molecule has 0 bridgehead atoms. The Morgan fingerprint density at radius 3 is 2.69 bits per heavy atom. The van der Waals surface area contributed by atoms with Gasteiger partial charge in [-0.05, 0) is 55.2 Å². The lowest BCUT2D eigenvalue weighted by Gasteiger charge is -2.21. The number of hydrogen-bond donors (Lipinski definition) is 0. The third-order valence-corrected chi connectivity index (χ3v) is 5.84. The maximum absolute atomic E-state index is 6.29. The number of hydrogen-bond acceptors (Lipinski definition) is 2. The molecule has 0 unspecified atom stereocenters. The SMILES string of the molecule is COc1ccc(Cc2c(C3CCCCC3)nc3ccc(Cl)cn23)c(C)c1. The van der Waals surface area contributed by atoms with Crippen molar-refractivity contribution in [1.29, 1.82) is 0 Å². The topological polar surface area (TPSA) is 26.5 Å². The van der Waals surface area contributed by atoms with E-state index >= 15 is 0 Å². The molecule has 1 saturated carbocycles. The summed E-state index contributed by atoms with van der Waals surface area (Å²) in [5.41, 5.74) is 6.10. The number of halogens is 1. The zero-order valence-corrected chi connectivity index (χ0v) is 16.2. The summed E-state index contributed by atoms with van der Waals surface area (Å²) in [6.45, 7) is 2.15. The first-order valence-corrected chi connectivity index (χ1v) is 9.83. The van der Waals surface area contributed by atoms with Gasteiger partial charge in [0.1, 0.15) is 11.4 Å². The van der Waals surface area contributed by atoms with Crippen molar-refractivity contribution in [2.24, 2.45) is 0 Å². The van der Waals surface area contributed by atoms with E-state index in [2.05, 4.69) is 23.5 Å². The number of ether oxygens (including phenoxy) is 1. The van der Waals surface area contributed by atoms with Crippen molar-refractivity contribution in [2.75, 3.05) is 7.11 Å². The highest BCUT2D eigenvalue weighted by atomic mass is 35.5. The van der Waals surface area contributed by atoms with Gasteiger partial charge in [0.05, 0.1) is 23.5 Å². The van der Waals surface area contributed by atoms with Gasteiger partial charge in [0.2, 0.25) is 0 Å². The van der Waals surface area contributed by atoms with Gasteiger partial charge in [-0.15, -0.1) is 0 Å². The Bertz CT molecular complexity index is 925. The Kier molecular flexibility index (Phi) is 4.90. The number of fused-ring (bicyclic) bond motifs is 1. The van der Waals surface area contributed by atoms with Crippen molar-refractivity contribution in [3.8, 4) is 5.75 Å². The van der Waals surface area contributed by atoms with Crippen LogP contribution in [0, 0.1) is 6.92 Å². The van der Waals surface area contributed by atoms with Crippen LogP contribution in [-0.4, -0.2) is 16.5 Å². The van der Waals surface area contributed by atoms with E-state index in [0.29, 0.717) is 5.92 Å². The van der Waals surface area contributed by atoms with Crippen molar-refractivity contribution >= 4 is 17.2 Å². The molecule has 4 rings (SSSR count). The fraction of sp³-hybridized carbons (Fsp3) is 0.409. The van der Waals surface area contributed by atoms with E-state index in [0.717, 1.165) is 22.8 Å². The minimum atomic E-state index is 0.566. The summed E-state index contributed by atoms with van der Waals surface area (Å²) in [5, 5.41) is 0.748. The molecule has 0 aliphatic heterocycles. The van der Waals surface area contributed by atoms with Crippen molar-refractivity contribution in [1.82, 2.24) is 9.38 Å². The monoisotopic (exact) mass is 368 g/mol. The van der Waals surface area contributed by atoms with Gasteiger partial charge >= 0.3 is 0 Å². The van der Waals surface area contributed by atoms with E-state index in [9.17, 15) is 0 Å². The quantitative estimate of drug-likeness (QED) is 0.569. The van der Waals surface area contributed by atoms with E-state index < -0.39 is 0 Å². The van der Waals surface area contributed by atoms with Gasteiger partial charge in [-0.3, -0.25) is 0 Å². The van der Waals surface area contributed by atoms with Gasteiger partial charge in [-0.2, -0.15) is 0 Å². The maximum atomic E-state index is 6.29. The maximum Gasteiger partial charge on any atom is 0.137 e. The summed E-state index contributed by atoms with van der Waals surface area (Å²) in [6.07, 6.45) is 9.31. The standard InChI is InChI=1S/C22H25ClN2O/c1-15-12-19(26-2)10-8-17(15)13-20-22(16-6-4-3-5-7-16)24-21-11-9-18(23)14-25(20)21/h8-12,14,16H,3-7,13H2,1-2H3. The van der Waals surface area contributed by atoms with Gasteiger partial charge in [-0.25, -0.2) is 4.98 Å². The minimum Gasteiger partial charge on any atom is -0.497 e. The second-order valence-electron chi connectivity index (χ2n) is 7.32. The highest BCUT2D eigenvalue weighted by Crippen LogP contribution is 2.35. The van der Waals surface area contributed by atoms with Crippen molar-refractivity contribution < 1.29 is 4.74 Å². The smallest absolute Gasteiger partial charge is 0.137 e. The zero-order chi connectivity index (χ0) is 18.1. The molecule has 0 atom stereocenters. The summed E-state index contributed by atoms with van der Waals surface area (Å²) in [5.74, 6) is 1.47. The van der Waals surface area contributed by atoms with Gasteiger partial charge in [-0.1, -0.05) is 36.9 Å². The molecule has 1 aromatic carbocycles. The molecule has 0 amide bonds. The molecule has 3 aromatic rings. The average molecular weight is 369 g/mol. The molecule has 4 heteroatoms. The lowest BCUT2D eigenvalue weighted by Crippen LogP contribution is -2.09. The molecule has 26 heavy (non-hydrogen) atoms. The van der Waals surface area contributed by atoms with Crippen molar-refractivity contribution in [2.45, 2.75) is 51.4 Å². The van der Waals surface area contributed by atoms with Gasteiger partial charge in [0.25, 0.3) is 0 Å². The molecule has 3 nitrogen and oxygen atoms in total. The zero-order valence-electron chi connectivity index (χ0n) is 15.5. The molecule has 2 aromatic heterocycles. The first-order valence-electron chi connectivity index (χ1n) is 9.45.